The Balaban J connectivity index is 0.00000400. The van der Waals surface area contributed by atoms with Gasteiger partial charge in [0.05, 0.1) is 0 Å². The van der Waals surface area contributed by atoms with Gasteiger partial charge >= 0.3 is 0 Å². The monoisotopic (exact) mass is 313 g/mol. The largest absolute Gasteiger partial charge is 0.352 e. The van der Waals surface area contributed by atoms with Gasteiger partial charge < -0.3 is 16.4 Å². The molecule has 1 rings (SSSR count). The van der Waals surface area contributed by atoms with Crippen molar-refractivity contribution in [3.63, 3.8) is 0 Å². The average molecular weight is 314 g/mol. The molecule has 1 aromatic carbocycles. The van der Waals surface area contributed by atoms with E-state index < -0.39 is 0 Å². The molecule has 0 saturated heterocycles. The average Bonchev–Trinajstić information content (AvgIpc) is 2.46. The second kappa shape index (κ2) is 11.1. The Morgan fingerprint density at radius 1 is 1.14 bits per heavy atom. The van der Waals surface area contributed by atoms with E-state index in [1.54, 1.807) is 12.1 Å². The lowest BCUT2D eigenvalue weighted by atomic mass is 10.1. The Kier molecular flexibility index (Phi) is 10.3. The summed E-state index contributed by atoms with van der Waals surface area (Å²) in [7, 11) is 0. The zero-order chi connectivity index (χ0) is 14.8. The molecule has 0 aliphatic carbocycles. The van der Waals surface area contributed by atoms with Gasteiger partial charge in [0, 0.05) is 31.6 Å². The molecule has 4 N–H and O–H groups in total. The van der Waals surface area contributed by atoms with Gasteiger partial charge in [0.25, 0.3) is 5.91 Å². The van der Waals surface area contributed by atoms with Gasteiger partial charge in [0.2, 0.25) is 5.91 Å². The Morgan fingerprint density at radius 3 is 2.38 bits per heavy atom. The fourth-order valence-electron chi connectivity index (χ4n) is 1.67. The normalized spacial score (nSPS) is 9.62. The van der Waals surface area contributed by atoms with Crippen molar-refractivity contribution in [1.29, 1.82) is 0 Å². The second-order valence-corrected chi connectivity index (χ2v) is 4.62. The summed E-state index contributed by atoms with van der Waals surface area (Å²) in [6.07, 6.45) is 2.37. The molecule has 0 aromatic heterocycles. The summed E-state index contributed by atoms with van der Waals surface area (Å²) >= 11 is 0. The number of carbonyl (C=O) groups is 2. The van der Waals surface area contributed by atoms with E-state index in [1.807, 2.05) is 12.1 Å². The standard InChI is InChI=1S/C15H23N3O2.ClH/c1-2-3-10-17-15(20)13-6-4-12(5-7-13)11-18-14(19)8-9-16;/h4-7H,2-3,8-11,16H2,1H3,(H,17,20)(H,18,19);1H. The van der Waals surface area contributed by atoms with Crippen LogP contribution in [0.3, 0.4) is 0 Å². The number of unbranched alkanes of at least 4 members (excludes halogenated alkanes) is 1. The van der Waals surface area contributed by atoms with Gasteiger partial charge in [-0.2, -0.15) is 0 Å². The van der Waals surface area contributed by atoms with Gasteiger partial charge in [-0.25, -0.2) is 0 Å². The molecule has 0 fully saturated rings. The van der Waals surface area contributed by atoms with Crippen molar-refractivity contribution in [3.8, 4) is 0 Å². The van der Waals surface area contributed by atoms with Crippen LogP contribution < -0.4 is 16.4 Å². The third-order valence-electron chi connectivity index (χ3n) is 2.89. The highest BCUT2D eigenvalue weighted by Crippen LogP contribution is 2.04. The predicted octanol–water partition coefficient (Wildman–Crippen LogP) is 1.60. The summed E-state index contributed by atoms with van der Waals surface area (Å²) in [6.45, 7) is 3.59. The van der Waals surface area contributed by atoms with Crippen molar-refractivity contribution in [1.82, 2.24) is 10.6 Å². The van der Waals surface area contributed by atoms with E-state index in [1.165, 1.54) is 0 Å². The zero-order valence-corrected chi connectivity index (χ0v) is 13.2. The highest BCUT2D eigenvalue weighted by Gasteiger charge is 2.05. The summed E-state index contributed by atoms with van der Waals surface area (Å²) in [5.41, 5.74) is 6.89. The number of hydrogen-bond donors (Lipinski definition) is 3. The number of amides is 2. The number of benzene rings is 1. The van der Waals surface area contributed by atoms with E-state index in [0.29, 0.717) is 31.6 Å². The summed E-state index contributed by atoms with van der Waals surface area (Å²) < 4.78 is 0. The lowest BCUT2D eigenvalue weighted by Gasteiger charge is -2.07. The highest BCUT2D eigenvalue weighted by molar-refractivity contribution is 5.94. The zero-order valence-electron chi connectivity index (χ0n) is 12.4. The number of halogens is 1. The summed E-state index contributed by atoms with van der Waals surface area (Å²) in [6, 6.07) is 7.23. The van der Waals surface area contributed by atoms with Crippen molar-refractivity contribution in [2.45, 2.75) is 32.7 Å². The maximum atomic E-state index is 11.8. The topological polar surface area (TPSA) is 84.2 Å². The molecule has 0 saturated carbocycles. The minimum atomic E-state index is -0.0612. The van der Waals surface area contributed by atoms with Crippen molar-refractivity contribution in [2.24, 2.45) is 5.73 Å². The van der Waals surface area contributed by atoms with E-state index in [9.17, 15) is 9.59 Å². The van der Waals surface area contributed by atoms with Gasteiger partial charge in [-0.05, 0) is 24.1 Å². The third-order valence-corrected chi connectivity index (χ3v) is 2.89. The molecule has 0 radical (unpaired) electrons. The number of nitrogens with one attached hydrogen (secondary N) is 2. The van der Waals surface area contributed by atoms with E-state index >= 15 is 0 Å². The summed E-state index contributed by atoms with van der Waals surface area (Å²) in [5.74, 6) is -0.119. The number of hydrogen-bond acceptors (Lipinski definition) is 3. The smallest absolute Gasteiger partial charge is 0.251 e. The Labute approximate surface area is 132 Å². The van der Waals surface area contributed by atoms with Crippen LogP contribution in [0.5, 0.6) is 0 Å². The molecule has 0 aliphatic rings. The number of rotatable bonds is 8. The number of carbonyl (C=O) groups excluding carboxylic acids is 2. The lowest BCUT2D eigenvalue weighted by molar-refractivity contribution is -0.121. The quantitative estimate of drug-likeness (QED) is 0.637. The van der Waals surface area contributed by atoms with E-state index in [2.05, 4.69) is 17.6 Å². The van der Waals surface area contributed by atoms with Crippen LogP contribution in [0.1, 0.15) is 42.1 Å². The molecule has 21 heavy (non-hydrogen) atoms. The first-order chi connectivity index (χ1) is 9.67. The Bertz CT molecular complexity index is 435. The van der Waals surface area contributed by atoms with E-state index in [-0.39, 0.29) is 24.2 Å². The van der Waals surface area contributed by atoms with Crippen molar-refractivity contribution < 1.29 is 9.59 Å². The van der Waals surface area contributed by atoms with Crippen molar-refractivity contribution >= 4 is 24.2 Å². The molecule has 0 heterocycles. The predicted molar refractivity (Wildman–Crippen MR) is 86.4 cm³/mol. The van der Waals surface area contributed by atoms with Crippen molar-refractivity contribution in [3.05, 3.63) is 35.4 Å². The minimum Gasteiger partial charge on any atom is -0.352 e. The van der Waals surface area contributed by atoms with Crippen LogP contribution in [-0.2, 0) is 11.3 Å². The molecule has 0 unspecified atom stereocenters. The number of nitrogens with two attached hydrogens (primary N) is 1. The molecule has 0 aliphatic heterocycles. The first kappa shape index (κ1) is 19.4. The SMILES string of the molecule is CCCCNC(=O)c1ccc(CNC(=O)CCN)cc1.Cl. The molecular weight excluding hydrogens is 290 g/mol. The van der Waals surface area contributed by atoms with Crippen LogP contribution in [0.4, 0.5) is 0 Å². The molecule has 0 atom stereocenters. The van der Waals surface area contributed by atoms with Gasteiger partial charge in [-0.1, -0.05) is 25.5 Å². The fourth-order valence-corrected chi connectivity index (χ4v) is 1.67. The lowest BCUT2D eigenvalue weighted by Crippen LogP contribution is -2.25. The van der Waals surface area contributed by atoms with Crippen LogP contribution >= 0.6 is 12.4 Å². The maximum absolute atomic E-state index is 11.8. The molecule has 1 aromatic rings. The molecule has 0 bridgehead atoms. The van der Waals surface area contributed by atoms with Crippen LogP contribution in [-0.4, -0.2) is 24.9 Å². The first-order valence-corrected chi connectivity index (χ1v) is 7.01. The Hall–Kier alpha value is -1.59. The van der Waals surface area contributed by atoms with E-state index in [0.717, 1.165) is 18.4 Å². The van der Waals surface area contributed by atoms with Gasteiger partial charge in [0.15, 0.2) is 0 Å². The summed E-state index contributed by atoms with van der Waals surface area (Å²) in [5, 5.41) is 5.63. The molecule has 0 spiro atoms. The molecule has 2 amide bonds. The van der Waals surface area contributed by atoms with Gasteiger partial charge in [-0.15, -0.1) is 12.4 Å². The van der Waals surface area contributed by atoms with Gasteiger partial charge in [0.1, 0.15) is 0 Å². The third kappa shape index (κ3) is 7.68. The van der Waals surface area contributed by atoms with Crippen LogP contribution in [0.15, 0.2) is 24.3 Å². The van der Waals surface area contributed by atoms with Crippen molar-refractivity contribution in [2.75, 3.05) is 13.1 Å². The Morgan fingerprint density at radius 2 is 1.81 bits per heavy atom. The minimum absolute atomic E-state index is 0. The highest BCUT2D eigenvalue weighted by atomic mass is 35.5. The van der Waals surface area contributed by atoms with Crippen LogP contribution in [0.2, 0.25) is 0 Å². The van der Waals surface area contributed by atoms with Crippen LogP contribution in [0, 0.1) is 0 Å². The molecule has 6 heteroatoms. The van der Waals surface area contributed by atoms with E-state index in [4.69, 9.17) is 5.73 Å². The molecular formula is C15H24ClN3O2. The molecule has 118 valence electrons. The summed E-state index contributed by atoms with van der Waals surface area (Å²) in [4.78, 5) is 23.1. The maximum Gasteiger partial charge on any atom is 0.251 e. The first-order valence-electron chi connectivity index (χ1n) is 7.01. The second-order valence-electron chi connectivity index (χ2n) is 4.62. The van der Waals surface area contributed by atoms with Crippen LogP contribution in [0.25, 0.3) is 0 Å². The molecule has 5 nitrogen and oxygen atoms in total. The van der Waals surface area contributed by atoms with Gasteiger partial charge in [-0.3, -0.25) is 9.59 Å². The fraction of sp³-hybridized carbons (Fsp3) is 0.467.